The van der Waals surface area contributed by atoms with Crippen molar-refractivity contribution in [2.75, 3.05) is 0 Å². The molecule has 0 fully saturated rings. The highest BCUT2D eigenvalue weighted by molar-refractivity contribution is 7.80. The highest BCUT2D eigenvalue weighted by Crippen LogP contribution is 2.26. The van der Waals surface area contributed by atoms with E-state index in [1.807, 2.05) is 0 Å². The number of thiophene rings is 1. The minimum Gasteiger partial charge on any atom is -0.375 e. The molecule has 3 N–H and O–H groups in total. The molecule has 3 nitrogen and oxygen atoms in total. The molecule has 0 radical (unpaired) electrons. The Morgan fingerprint density at radius 2 is 2.43 bits per heavy atom. The summed E-state index contributed by atoms with van der Waals surface area (Å²) in [6.07, 6.45) is 3.32. The van der Waals surface area contributed by atoms with Gasteiger partial charge >= 0.3 is 0 Å². The van der Waals surface area contributed by atoms with Crippen molar-refractivity contribution in [3.8, 4) is 0 Å². The number of hydrogen-bond donors (Lipinski definition) is 2. The van der Waals surface area contributed by atoms with Crippen molar-refractivity contribution in [1.82, 2.24) is 5.43 Å². The van der Waals surface area contributed by atoms with Crippen LogP contribution in [0.3, 0.4) is 0 Å². The van der Waals surface area contributed by atoms with Crippen molar-refractivity contribution >= 4 is 34.4 Å². The maximum Gasteiger partial charge on any atom is 0.184 e. The van der Waals surface area contributed by atoms with Crippen molar-refractivity contribution < 1.29 is 0 Å². The molecule has 1 aliphatic carbocycles. The fraction of sp³-hybridized carbons (Fsp3) is 0.333. The fourth-order valence-corrected chi connectivity index (χ4v) is 2.57. The van der Waals surface area contributed by atoms with Crippen LogP contribution in [0.5, 0.6) is 0 Å². The van der Waals surface area contributed by atoms with Crippen LogP contribution in [0, 0.1) is 0 Å². The number of hydrazone groups is 1. The minimum atomic E-state index is 0.222. The van der Waals surface area contributed by atoms with Crippen molar-refractivity contribution in [3.05, 3.63) is 21.9 Å². The summed E-state index contributed by atoms with van der Waals surface area (Å²) in [7, 11) is 0. The highest BCUT2D eigenvalue weighted by Gasteiger charge is 2.16. The van der Waals surface area contributed by atoms with Crippen LogP contribution in [0.25, 0.3) is 0 Å². The van der Waals surface area contributed by atoms with Crippen LogP contribution >= 0.6 is 23.6 Å². The topological polar surface area (TPSA) is 50.4 Å². The van der Waals surface area contributed by atoms with Gasteiger partial charge in [-0.1, -0.05) is 0 Å². The lowest BCUT2D eigenvalue weighted by Gasteiger charge is -2.13. The summed E-state index contributed by atoms with van der Waals surface area (Å²) in [5.41, 5.74) is 10.3. The van der Waals surface area contributed by atoms with Crippen LogP contribution in [0.1, 0.15) is 23.3 Å². The maximum atomic E-state index is 5.32. The average Bonchev–Trinajstić information content (AvgIpc) is 2.62. The quantitative estimate of drug-likeness (QED) is 0.564. The molecule has 0 saturated heterocycles. The molecule has 1 aromatic rings. The Balaban J connectivity index is 2.23. The van der Waals surface area contributed by atoms with Gasteiger partial charge in [0.2, 0.25) is 0 Å². The lowest BCUT2D eigenvalue weighted by atomic mass is 9.97. The molecule has 74 valence electrons. The van der Waals surface area contributed by atoms with E-state index in [9.17, 15) is 0 Å². The predicted octanol–water partition coefficient (Wildman–Crippen LogP) is 1.62. The van der Waals surface area contributed by atoms with Gasteiger partial charge in [0.25, 0.3) is 0 Å². The van der Waals surface area contributed by atoms with E-state index in [1.54, 1.807) is 11.3 Å². The van der Waals surface area contributed by atoms with Crippen molar-refractivity contribution in [3.63, 3.8) is 0 Å². The van der Waals surface area contributed by atoms with Crippen molar-refractivity contribution in [1.29, 1.82) is 0 Å². The summed E-state index contributed by atoms with van der Waals surface area (Å²) in [6, 6.07) is 2.11. The Labute approximate surface area is 92.0 Å². The van der Waals surface area contributed by atoms with E-state index in [2.05, 4.69) is 22.0 Å². The summed E-state index contributed by atoms with van der Waals surface area (Å²) in [4.78, 5) is 1.42. The summed E-state index contributed by atoms with van der Waals surface area (Å²) in [6.45, 7) is 0. The second kappa shape index (κ2) is 4.06. The zero-order valence-electron chi connectivity index (χ0n) is 7.62. The smallest absolute Gasteiger partial charge is 0.184 e. The third-order valence-electron chi connectivity index (χ3n) is 2.17. The number of thiocarbonyl (C=S) groups is 1. The average molecular weight is 225 g/mol. The molecule has 1 aliphatic rings. The zero-order valence-corrected chi connectivity index (χ0v) is 9.25. The second-order valence-electron chi connectivity index (χ2n) is 3.15. The first-order chi connectivity index (χ1) is 6.77. The Bertz CT molecular complexity index is 381. The largest absolute Gasteiger partial charge is 0.375 e. The van der Waals surface area contributed by atoms with E-state index in [1.165, 1.54) is 16.9 Å². The Morgan fingerprint density at radius 3 is 3.21 bits per heavy atom. The van der Waals surface area contributed by atoms with Crippen LogP contribution < -0.4 is 11.2 Å². The molecule has 1 aromatic heterocycles. The number of fused-ring (bicyclic) bond motifs is 1. The number of nitrogens with zero attached hydrogens (tertiary/aromatic N) is 1. The molecule has 0 saturated carbocycles. The van der Waals surface area contributed by atoms with Crippen LogP contribution in [0.15, 0.2) is 16.5 Å². The van der Waals surface area contributed by atoms with Gasteiger partial charge in [0.1, 0.15) is 0 Å². The van der Waals surface area contributed by atoms with E-state index in [0.29, 0.717) is 0 Å². The van der Waals surface area contributed by atoms with Gasteiger partial charge in [-0.3, -0.25) is 5.43 Å². The van der Waals surface area contributed by atoms with E-state index >= 15 is 0 Å². The first-order valence-electron chi connectivity index (χ1n) is 4.46. The monoisotopic (exact) mass is 225 g/mol. The summed E-state index contributed by atoms with van der Waals surface area (Å²) >= 11 is 6.49. The van der Waals surface area contributed by atoms with Gasteiger partial charge < -0.3 is 5.73 Å². The van der Waals surface area contributed by atoms with Crippen LogP contribution in [0.2, 0.25) is 0 Å². The first kappa shape index (κ1) is 9.61. The number of aryl methyl sites for hydroxylation is 1. The molecule has 2 rings (SSSR count). The van der Waals surface area contributed by atoms with Crippen molar-refractivity contribution in [2.24, 2.45) is 10.8 Å². The Hall–Kier alpha value is -0.940. The van der Waals surface area contributed by atoms with E-state index in [-0.39, 0.29) is 5.11 Å². The molecule has 0 bridgehead atoms. The lowest BCUT2D eigenvalue weighted by molar-refractivity contribution is 0.842. The molecule has 0 amide bonds. The Morgan fingerprint density at radius 1 is 1.57 bits per heavy atom. The van der Waals surface area contributed by atoms with E-state index in [4.69, 9.17) is 18.0 Å². The number of nitrogens with one attached hydrogen (secondary N) is 1. The lowest BCUT2D eigenvalue weighted by Crippen LogP contribution is -2.26. The number of rotatable bonds is 1. The van der Waals surface area contributed by atoms with Gasteiger partial charge in [0, 0.05) is 10.4 Å². The van der Waals surface area contributed by atoms with Gasteiger partial charge in [-0.15, -0.1) is 11.3 Å². The van der Waals surface area contributed by atoms with E-state index < -0.39 is 0 Å². The van der Waals surface area contributed by atoms with Gasteiger partial charge in [0.05, 0.1) is 5.71 Å². The maximum absolute atomic E-state index is 5.32. The summed E-state index contributed by atoms with van der Waals surface area (Å²) in [5.74, 6) is 0. The molecule has 14 heavy (non-hydrogen) atoms. The minimum absolute atomic E-state index is 0.222. The molecule has 0 aromatic carbocycles. The van der Waals surface area contributed by atoms with Gasteiger partial charge in [-0.25, -0.2) is 0 Å². The van der Waals surface area contributed by atoms with Crippen LogP contribution in [0.4, 0.5) is 0 Å². The third-order valence-corrected chi connectivity index (χ3v) is 3.25. The normalized spacial score (nSPS) is 17.9. The van der Waals surface area contributed by atoms with Gasteiger partial charge in [0.15, 0.2) is 5.11 Å². The number of nitrogens with two attached hydrogens (primary N) is 1. The van der Waals surface area contributed by atoms with E-state index in [0.717, 1.165) is 18.6 Å². The van der Waals surface area contributed by atoms with Crippen molar-refractivity contribution in [2.45, 2.75) is 19.3 Å². The predicted molar refractivity (Wildman–Crippen MR) is 63.7 cm³/mol. The standard InChI is InChI=1S/C9H11N3S2/c10-9(13)12-11-7-2-1-3-8-6(7)4-5-14-8/h4-5H,1-3H2,(H3,10,12,13). The molecule has 5 heteroatoms. The highest BCUT2D eigenvalue weighted by atomic mass is 32.1. The Kier molecular flexibility index (Phi) is 2.79. The second-order valence-corrected chi connectivity index (χ2v) is 4.59. The SMILES string of the molecule is NC(=S)NN=C1CCCc2sccc21. The molecule has 1 heterocycles. The molecule has 0 spiro atoms. The fourth-order valence-electron chi connectivity index (χ4n) is 1.58. The molecular weight excluding hydrogens is 214 g/mol. The third kappa shape index (κ3) is 1.93. The van der Waals surface area contributed by atoms with Crippen LogP contribution in [-0.4, -0.2) is 10.8 Å². The van der Waals surface area contributed by atoms with Gasteiger partial charge in [-0.05, 0) is 42.9 Å². The summed E-state index contributed by atoms with van der Waals surface area (Å²) < 4.78 is 0. The number of hydrogen-bond acceptors (Lipinski definition) is 3. The van der Waals surface area contributed by atoms with Crippen LogP contribution in [-0.2, 0) is 6.42 Å². The van der Waals surface area contributed by atoms with Gasteiger partial charge in [-0.2, -0.15) is 5.10 Å². The first-order valence-corrected chi connectivity index (χ1v) is 5.75. The molecule has 0 atom stereocenters. The molecule has 0 unspecified atom stereocenters. The molecule has 0 aliphatic heterocycles. The zero-order chi connectivity index (χ0) is 9.97. The molecular formula is C9H11N3S2. The summed E-state index contributed by atoms with van der Waals surface area (Å²) in [5, 5.41) is 6.53.